The minimum Gasteiger partial charge on any atom is -0.385 e. The monoisotopic (exact) mass is 373 g/mol. The number of methoxy groups -OCH3 is 1. The third kappa shape index (κ3) is 4.47. The van der Waals surface area contributed by atoms with Gasteiger partial charge in [0.2, 0.25) is 11.8 Å². The second-order valence-electron chi connectivity index (χ2n) is 7.54. The molecule has 1 aliphatic carbocycles. The van der Waals surface area contributed by atoms with Crippen molar-refractivity contribution in [2.45, 2.75) is 51.0 Å². The van der Waals surface area contributed by atoms with Gasteiger partial charge in [-0.25, -0.2) is 0 Å². The fourth-order valence-electron chi connectivity index (χ4n) is 4.66. The minimum atomic E-state index is -0.217. The number of hydrogen-bond donors (Lipinski definition) is 1. The van der Waals surface area contributed by atoms with Gasteiger partial charge in [-0.2, -0.15) is 0 Å². The topological polar surface area (TPSA) is 61.9 Å². The molecule has 7 heteroatoms. The van der Waals surface area contributed by atoms with Crippen molar-refractivity contribution in [1.29, 1.82) is 0 Å². The van der Waals surface area contributed by atoms with Gasteiger partial charge in [0.15, 0.2) is 0 Å². The van der Waals surface area contributed by atoms with E-state index in [1.807, 2.05) is 9.80 Å². The van der Waals surface area contributed by atoms with Crippen LogP contribution in [0.4, 0.5) is 0 Å². The fraction of sp³-hybridized carbons (Fsp3) is 0.889. The Morgan fingerprint density at radius 1 is 1.28 bits per heavy atom. The Bertz CT molecular complexity index is 468. The van der Waals surface area contributed by atoms with Crippen LogP contribution in [-0.4, -0.2) is 74.1 Å². The van der Waals surface area contributed by atoms with E-state index in [1.54, 1.807) is 7.11 Å². The summed E-state index contributed by atoms with van der Waals surface area (Å²) in [7, 11) is 1.71. The first-order chi connectivity index (χ1) is 11.7. The molecule has 3 fully saturated rings. The zero-order valence-corrected chi connectivity index (χ0v) is 16.1. The summed E-state index contributed by atoms with van der Waals surface area (Å²) in [6.07, 6.45) is 7.10. The minimum absolute atomic E-state index is 0. The fourth-order valence-corrected chi connectivity index (χ4v) is 4.66. The first kappa shape index (κ1) is 20.5. The van der Waals surface area contributed by atoms with Crippen LogP contribution in [0.2, 0.25) is 0 Å². The summed E-state index contributed by atoms with van der Waals surface area (Å²) >= 11 is 0. The molecule has 0 aromatic carbocycles. The Labute approximate surface area is 157 Å². The molecular formula is C18H32ClN3O3. The summed E-state index contributed by atoms with van der Waals surface area (Å²) in [6.45, 7) is 4.25. The van der Waals surface area contributed by atoms with E-state index < -0.39 is 0 Å². The van der Waals surface area contributed by atoms with E-state index in [4.69, 9.17) is 4.74 Å². The quantitative estimate of drug-likeness (QED) is 0.791. The van der Waals surface area contributed by atoms with Crippen LogP contribution in [0.25, 0.3) is 0 Å². The number of nitrogens with zero attached hydrogens (tertiary/aromatic N) is 2. The Balaban J connectivity index is 0.00000225. The Morgan fingerprint density at radius 3 is 2.72 bits per heavy atom. The van der Waals surface area contributed by atoms with Crippen LogP contribution >= 0.6 is 12.4 Å². The van der Waals surface area contributed by atoms with Gasteiger partial charge in [-0.15, -0.1) is 12.4 Å². The van der Waals surface area contributed by atoms with Crippen LogP contribution in [0.1, 0.15) is 44.9 Å². The van der Waals surface area contributed by atoms with Gasteiger partial charge in [0.05, 0.1) is 12.0 Å². The van der Waals surface area contributed by atoms with Crippen molar-refractivity contribution in [1.82, 2.24) is 15.1 Å². The molecule has 0 bridgehead atoms. The molecule has 0 aromatic rings. The molecule has 1 saturated carbocycles. The van der Waals surface area contributed by atoms with Gasteiger partial charge in [0, 0.05) is 45.9 Å². The zero-order valence-electron chi connectivity index (χ0n) is 15.3. The smallest absolute Gasteiger partial charge is 0.236 e. The maximum Gasteiger partial charge on any atom is 0.236 e. The molecule has 2 heterocycles. The van der Waals surface area contributed by atoms with Crippen molar-refractivity contribution in [3.05, 3.63) is 0 Å². The summed E-state index contributed by atoms with van der Waals surface area (Å²) in [6, 6.07) is 0.193. The van der Waals surface area contributed by atoms with Crippen LogP contribution < -0.4 is 5.32 Å². The highest BCUT2D eigenvalue weighted by Crippen LogP contribution is 2.43. The Kier molecular flexibility index (Phi) is 7.52. The predicted molar refractivity (Wildman–Crippen MR) is 98.8 cm³/mol. The Morgan fingerprint density at radius 2 is 2.04 bits per heavy atom. The maximum absolute atomic E-state index is 13.3. The number of amides is 2. The van der Waals surface area contributed by atoms with Crippen molar-refractivity contribution >= 4 is 24.2 Å². The molecule has 0 spiro atoms. The van der Waals surface area contributed by atoms with E-state index in [1.165, 1.54) is 0 Å². The zero-order chi connectivity index (χ0) is 17.0. The average molecular weight is 374 g/mol. The van der Waals surface area contributed by atoms with Crippen molar-refractivity contribution in [3.8, 4) is 0 Å². The van der Waals surface area contributed by atoms with E-state index in [9.17, 15) is 9.59 Å². The molecule has 144 valence electrons. The van der Waals surface area contributed by atoms with Gasteiger partial charge in [0.25, 0.3) is 0 Å². The molecule has 2 aliphatic heterocycles. The van der Waals surface area contributed by atoms with Crippen LogP contribution in [0.5, 0.6) is 0 Å². The van der Waals surface area contributed by atoms with E-state index >= 15 is 0 Å². The summed E-state index contributed by atoms with van der Waals surface area (Å²) < 4.78 is 5.27. The van der Waals surface area contributed by atoms with Gasteiger partial charge < -0.3 is 19.9 Å². The van der Waals surface area contributed by atoms with Gasteiger partial charge in [-0.3, -0.25) is 9.59 Å². The molecule has 2 amide bonds. The third-order valence-corrected chi connectivity index (χ3v) is 6.05. The number of nitrogens with one attached hydrogen (secondary N) is 1. The first-order valence-corrected chi connectivity index (χ1v) is 9.45. The van der Waals surface area contributed by atoms with E-state index in [-0.39, 0.29) is 29.8 Å². The number of piperidine rings is 1. The second-order valence-corrected chi connectivity index (χ2v) is 7.54. The summed E-state index contributed by atoms with van der Waals surface area (Å²) in [4.78, 5) is 29.5. The molecule has 1 atom stereocenters. The maximum atomic E-state index is 13.3. The van der Waals surface area contributed by atoms with Gasteiger partial charge in [-0.1, -0.05) is 12.8 Å². The van der Waals surface area contributed by atoms with Crippen LogP contribution in [0.15, 0.2) is 0 Å². The van der Waals surface area contributed by atoms with Crippen molar-refractivity contribution in [3.63, 3.8) is 0 Å². The van der Waals surface area contributed by atoms with Gasteiger partial charge in [-0.05, 0) is 32.1 Å². The molecule has 0 aromatic heterocycles. The summed E-state index contributed by atoms with van der Waals surface area (Å²) in [5, 5.41) is 3.13. The molecule has 3 rings (SSSR count). The van der Waals surface area contributed by atoms with E-state index in [2.05, 4.69) is 5.32 Å². The molecule has 1 unspecified atom stereocenters. The molecular weight excluding hydrogens is 342 g/mol. The number of hydrogen-bond acceptors (Lipinski definition) is 4. The molecule has 2 saturated heterocycles. The normalized spacial score (nSPS) is 26.4. The van der Waals surface area contributed by atoms with Crippen LogP contribution in [0, 0.1) is 5.41 Å². The van der Waals surface area contributed by atoms with Gasteiger partial charge in [0.1, 0.15) is 0 Å². The number of ether oxygens (including phenoxy) is 1. The highest BCUT2D eigenvalue weighted by Gasteiger charge is 2.44. The summed E-state index contributed by atoms with van der Waals surface area (Å²) in [5.41, 5.74) is -0.217. The van der Waals surface area contributed by atoms with Crippen LogP contribution in [-0.2, 0) is 14.3 Å². The Hall–Kier alpha value is -0.850. The largest absolute Gasteiger partial charge is 0.385 e. The molecule has 6 nitrogen and oxygen atoms in total. The lowest BCUT2D eigenvalue weighted by molar-refractivity contribution is -0.148. The first-order valence-electron chi connectivity index (χ1n) is 9.45. The SMILES string of the molecule is COCCC1(C(=O)N2CCCC(N3CCNCC3=O)C2)CCCC1.Cl. The number of carbonyl (C=O) groups is 2. The molecule has 25 heavy (non-hydrogen) atoms. The second kappa shape index (κ2) is 9.19. The van der Waals surface area contributed by atoms with Crippen molar-refractivity contribution in [2.24, 2.45) is 5.41 Å². The standard InChI is InChI=1S/C18H31N3O3.ClH/c1-24-12-8-18(6-2-3-7-18)17(23)20-10-4-5-15(14-20)21-11-9-19-13-16(21)22;/h15,19H,2-14H2,1H3;1H. The van der Waals surface area contributed by atoms with Crippen molar-refractivity contribution < 1.29 is 14.3 Å². The van der Waals surface area contributed by atoms with Gasteiger partial charge >= 0.3 is 0 Å². The summed E-state index contributed by atoms with van der Waals surface area (Å²) in [5.74, 6) is 0.486. The lowest BCUT2D eigenvalue weighted by Gasteiger charge is -2.43. The lowest BCUT2D eigenvalue weighted by Crippen LogP contribution is -2.58. The molecule has 3 aliphatic rings. The number of likely N-dealkylation sites (tertiary alicyclic amines) is 1. The highest BCUT2D eigenvalue weighted by atomic mass is 35.5. The predicted octanol–water partition coefficient (Wildman–Crippen LogP) is 1.43. The van der Waals surface area contributed by atoms with Crippen LogP contribution in [0.3, 0.4) is 0 Å². The third-order valence-electron chi connectivity index (χ3n) is 6.05. The lowest BCUT2D eigenvalue weighted by atomic mass is 9.80. The van der Waals surface area contributed by atoms with E-state index in [0.29, 0.717) is 25.6 Å². The van der Waals surface area contributed by atoms with E-state index in [0.717, 1.165) is 64.6 Å². The number of carbonyl (C=O) groups excluding carboxylic acids is 2. The highest BCUT2D eigenvalue weighted by molar-refractivity contribution is 5.85. The average Bonchev–Trinajstić information content (AvgIpc) is 3.10. The molecule has 1 N–H and O–H groups in total. The number of rotatable bonds is 5. The number of halogens is 1. The number of piperazine rings is 1. The van der Waals surface area contributed by atoms with Crippen molar-refractivity contribution in [2.75, 3.05) is 46.4 Å². The molecule has 0 radical (unpaired) electrons.